The average Bonchev–Trinajstić information content (AvgIpc) is 2.44. The van der Waals surface area contributed by atoms with Crippen molar-refractivity contribution in [2.45, 2.75) is 19.4 Å². The number of benzene rings is 1. The lowest BCUT2D eigenvalue weighted by Gasteiger charge is -1.97. The summed E-state index contributed by atoms with van der Waals surface area (Å²) in [6.45, 7) is 1.74. The summed E-state index contributed by atoms with van der Waals surface area (Å²) in [5.41, 5.74) is 7.18. The highest BCUT2D eigenvalue weighted by molar-refractivity contribution is 5.81. The van der Waals surface area contributed by atoms with Gasteiger partial charge in [-0.05, 0) is 31.2 Å². The third-order valence-electron chi connectivity index (χ3n) is 2.09. The van der Waals surface area contributed by atoms with Crippen LogP contribution >= 0.6 is 0 Å². The lowest BCUT2D eigenvalue weighted by molar-refractivity contribution is 0.188. The van der Waals surface area contributed by atoms with Gasteiger partial charge in [-0.1, -0.05) is 0 Å². The van der Waals surface area contributed by atoms with Crippen LogP contribution in [-0.4, -0.2) is 11.2 Å². The van der Waals surface area contributed by atoms with E-state index >= 15 is 0 Å². The van der Waals surface area contributed by atoms with E-state index in [1.807, 2.05) is 18.2 Å². The molecular weight excluding hydrogens is 178 g/mol. The first-order chi connectivity index (χ1) is 6.65. The molecule has 0 saturated heterocycles. The normalized spacial score (nSPS) is 13.3. The smallest absolute Gasteiger partial charge is 0.134 e. The number of nitrogen functional groups attached to an aromatic ring is 1. The lowest BCUT2D eigenvalue weighted by Crippen LogP contribution is -2.02. The quantitative estimate of drug-likeness (QED) is 0.713. The molecule has 3 heteroatoms. The van der Waals surface area contributed by atoms with Crippen molar-refractivity contribution in [3.63, 3.8) is 0 Å². The second-order valence-corrected chi connectivity index (χ2v) is 3.56. The second-order valence-electron chi connectivity index (χ2n) is 3.56. The number of furan rings is 1. The molecule has 1 aromatic carbocycles. The van der Waals surface area contributed by atoms with E-state index in [-0.39, 0.29) is 6.10 Å². The number of rotatable bonds is 2. The van der Waals surface area contributed by atoms with Crippen molar-refractivity contribution in [3.8, 4) is 0 Å². The molecule has 2 rings (SSSR count). The van der Waals surface area contributed by atoms with Crippen LogP contribution in [0.25, 0.3) is 11.0 Å². The Morgan fingerprint density at radius 3 is 2.93 bits per heavy atom. The van der Waals surface area contributed by atoms with Crippen molar-refractivity contribution < 1.29 is 9.52 Å². The largest absolute Gasteiger partial charge is 0.461 e. The van der Waals surface area contributed by atoms with Gasteiger partial charge in [0.2, 0.25) is 0 Å². The second kappa shape index (κ2) is 3.35. The molecule has 0 amide bonds. The molecule has 3 nitrogen and oxygen atoms in total. The summed E-state index contributed by atoms with van der Waals surface area (Å²) in [5.74, 6) is 0.792. The number of hydrogen-bond acceptors (Lipinski definition) is 3. The van der Waals surface area contributed by atoms with E-state index in [4.69, 9.17) is 10.2 Å². The maximum Gasteiger partial charge on any atom is 0.134 e. The van der Waals surface area contributed by atoms with E-state index in [1.54, 1.807) is 13.0 Å². The molecule has 1 atom stereocenters. The summed E-state index contributed by atoms with van der Waals surface area (Å²) >= 11 is 0. The summed E-state index contributed by atoms with van der Waals surface area (Å²) in [4.78, 5) is 0. The molecule has 0 aliphatic rings. The minimum atomic E-state index is -0.382. The summed E-state index contributed by atoms with van der Waals surface area (Å²) in [6, 6.07) is 7.43. The molecular formula is C11H13NO2. The van der Waals surface area contributed by atoms with Gasteiger partial charge < -0.3 is 15.3 Å². The third kappa shape index (κ3) is 1.72. The fraction of sp³-hybridized carbons (Fsp3) is 0.273. The van der Waals surface area contributed by atoms with Crippen molar-refractivity contribution in [1.29, 1.82) is 0 Å². The Bertz CT molecular complexity index is 445. The number of fused-ring (bicyclic) bond motifs is 1. The summed E-state index contributed by atoms with van der Waals surface area (Å²) < 4.78 is 5.52. The number of anilines is 1. The predicted molar refractivity (Wildman–Crippen MR) is 56.0 cm³/mol. The standard InChI is InChI=1S/C11H13NO2/c1-7(13)4-10-6-8-5-9(12)2-3-11(8)14-10/h2-3,5-7,13H,4,12H2,1H3. The van der Waals surface area contributed by atoms with Crippen LogP contribution in [0.15, 0.2) is 28.7 Å². The zero-order valence-electron chi connectivity index (χ0n) is 8.03. The Kier molecular flexibility index (Phi) is 2.17. The molecule has 0 saturated carbocycles. The van der Waals surface area contributed by atoms with Gasteiger partial charge in [0.1, 0.15) is 11.3 Å². The van der Waals surface area contributed by atoms with Gasteiger partial charge in [0.15, 0.2) is 0 Å². The number of nitrogens with two attached hydrogens (primary N) is 1. The highest BCUT2D eigenvalue weighted by Gasteiger charge is 2.06. The van der Waals surface area contributed by atoms with Gasteiger partial charge in [-0.15, -0.1) is 0 Å². The molecule has 1 aromatic heterocycles. The summed E-state index contributed by atoms with van der Waals surface area (Å²) in [6.07, 6.45) is 0.155. The maximum atomic E-state index is 9.20. The van der Waals surface area contributed by atoms with Gasteiger partial charge >= 0.3 is 0 Å². The molecule has 1 heterocycles. The fourth-order valence-electron chi connectivity index (χ4n) is 1.51. The van der Waals surface area contributed by atoms with Gasteiger partial charge in [0.25, 0.3) is 0 Å². The van der Waals surface area contributed by atoms with E-state index in [1.165, 1.54) is 0 Å². The Hall–Kier alpha value is -1.48. The van der Waals surface area contributed by atoms with Gasteiger partial charge in [0, 0.05) is 17.5 Å². The first-order valence-corrected chi connectivity index (χ1v) is 4.61. The molecule has 14 heavy (non-hydrogen) atoms. The molecule has 2 aromatic rings. The highest BCUT2D eigenvalue weighted by Crippen LogP contribution is 2.22. The van der Waals surface area contributed by atoms with E-state index < -0.39 is 0 Å². The zero-order chi connectivity index (χ0) is 10.1. The van der Waals surface area contributed by atoms with Gasteiger partial charge in [-0.25, -0.2) is 0 Å². The lowest BCUT2D eigenvalue weighted by atomic mass is 10.2. The Morgan fingerprint density at radius 1 is 1.43 bits per heavy atom. The van der Waals surface area contributed by atoms with Crippen LogP contribution in [0.5, 0.6) is 0 Å². The summed E-state index contributed by atoms with van der Waals surface area (Å²) in [5, 5.41) is 10.2. The monoisotopic (exact) mass is 191 g/mol. The molecule has 0 aliphatic heterocycles. The molecule has 0 aliphatic carbocycles. The zero-order valence-corrected chi connectivity index (χ0v) is 8.03. The van der Waals surface area contributed by atoms with Crippen LogP contribution in [-0.2, 0) is 6.42 Å². The third-order valence-corrected chi connectivity index (χ3v) is 2.09. The number of hydrogen-bond donors (Lipinski definition) is 2. The van der Waals surface area contributed by atoms with Gasteiger partial charge in [-0.2, -0.15) is 0 Å². The summed E-state index contributed by atoms with van der Waals surface area (Å²) in [7, 11) is 0. The van der Waals surface area contributed by atoms with Crippen molar-refractivity contribution in [1.82, 2.24) is 0 Å². The van der Waals surface area contributed by atoms with E-state index in [0.717, 1.165) is 22.4 Å². The molecule has 0 bridgehead atoms. The number of aliphatic hydroxyl groups excluding tert-OH is 1. The molecule has 0 radical (unpaired) electrons. The van der Waals surface area contributed by atoms with Crippen molar-refractivity contribution in [2.24, 2.45) is 0 Å². The van der Waals surface area contributed by atoms with Crippen LogP contribution in [0.3, 0.4) is 0 Å². The van der Waals surface area contributed by atoms with Crippen LogP contribution in [0.1, 0.15) is 12.7 Å². The van der Waals surface area contributed by atoms with Crippen molar-refractivity contribution >= 4 is 16.7 Å². The van der Waals surface area contributed by atoms with Crippen LogP contribution in [0.2, 0.25) is 0 Å². The first kappa shape index (κ1) is 9.09. The predicted octanol–water partition coefficient (Wildman–Crippen LogP) is 1.94. The number of aliphatic hydroxyl groups is 1. The van der Waals surface area contributed by atoms with E-state index in [9.17, 15) is 5.11 Å². The average molecular weight is 191 g/mol. The van der Waals surface area contributed by atoms with Crippen LogP contribution in [0.4, 0.5) is 5.69 Å². The first-order valence-electron chi connectivity index (χ1n) is 4.61. The molecule has 0 spiro atoms. The topological polar surface area (TPSA) is 59.4 Å². The van der Waals surface area contributed by atoms with Crippen LogP contribution < -0.4 is 5.73 Å². The Morgan fingerprint density at radius 2 is 2.21 bits per heavy atom. The molecule has 0 fully saturated rings. The SMILES string of the molecule is CC(O)Cc1cc2cc(N)ccc2o1. The van der Waals surface area contributed by atoms with Gasteiger partial charge in [-0.3, -0.25) is 0 Å². The Labute approximate surface area is 82.1 Å². The van der Waals surface area contributed by atoms with Gasteiger partial charge in [0.05, 0.1) is 6.10 Å². The molecule has 1 unspecified atom stereocenters. The van der Waals surface area contributed by atoms with Crippen molar-refractivity contribution in [2.75, 3.05) is 5.73 Å². The van der Waals surface area contributed by atoms with Crippen LogP contribution in [0, 0.1) is 0 Å². The minimum Gasteiger partial charge on any atom is -0.461 e. The minimum absolute atomic E-state index is 0.382. The van der Waals surface area contributed by atoms with E-state index in [0.29, 0.717) is 6.42 Å². The highest BCUT2D eigenvalue weighted by atomic mass is 16.3. The molecule has 3 N–H and O–H groups in total. The van der Waals surface area contributed by atoms with E-state index in [2.05, 4.69) is 0 Å². The fourth-order valence-corrected chi connectivity index (χ4v) is 1.51. The maximum absolute atomic E-state index is 9.20. The Balaban J connectivity index is 2.41. The molecule has 74 valence electrons. The van der Waals surface area contributed by atoms with Crippen molar-refractivity contribution in [3.05, 3.63) is 30.0 Å².